The van der Waals surface area contributed by atoms with E-state index in [0.29, 0.717) is 19.7 Å². The SMILES string of the molecule is OCC[NH+](Cc1ccccc1)C[C@H](O)COCc1ccc2c(c1)OCO2. The van der Waals surface area contributed by atoms with Gasteiger partial charge in [-0.1, -0.05) is 36.4 Å². The normalized spacial score (nSPS) is 15.0. The summed E-state index contributed by atoms with van der Waals surface area (Å²) in [4.78, 5) is 1.12. The fourth-order valence-electron chi connectivity index (χ4n) is 3.04. The van der Waals surface area contributed by atoms with E-state index in [-0.39, 0.29) is 20.0 Å². The second kappa shape index (κ2) is 9.54. The van der Waals surface area contributed by atoms with Gasteiger partial charge in [0.05, 0.1) is 19.8 Å². The molecule has 2 atom stereocenters. The largest absolute Gasteiger partial charge is 0.454 e. The minimum atomic E-state index is -0.589. The van der Waals surface area contributed by atoms with Gasteiger partial charge in [-0.15, -0.1) is 0 Å². The van der Waals surface area contributed by atoms with Crippen molar-refractivity contribution in [1.29, 1.82) is 0 Å². The lowest BCUT2D eigenvalue weighted by Gasteiger charge is -2.21. The highest BCUT2D eigenvalue weighted by molar-refractivity contribution is 5.44. The zero-order valence-corrected chi connectivity index (χ0v) is 14.8. The van der Waals surface area contributed by atoms with Crippen LogP contribution in [0.15, 0.2) is 48.5 Å². The molecule has 1 unspecified atom stereocenters. The number of ether oxygens (including phenoxy) is 3. The number of hydrogen-bond acceptors (Lipinski definition) is 5. The molecular weight excluding hydrogens is 334 g/mol. The van der Waals surface area contributed by atoms with Crippen LogP contribution in [0, 0.1) is 0 Å². The van der Waals surface area contributed by atoms with E-state index in [1.54, 1.807) is 0 Å². The molecule has 0 amide bonds. The van der Waals surface area contributed by atoms with E-state index in [2.05, 4.69) is 12.1 Å². The average Bonchev–Trinajstić information content (AvgIpc) is 3.10. The van der Waals surface area contributed by atoms with Gasteiger partial charge in [0.25, 0.3) is 0 Å². The van der Waals surface area contributed by atoms with Crippen LogP contribution >= 0.6 is 0 Å². The first-order chi connectivity index (χ1) is 12.7. The van der Waals surface area contributed by atoms with Gasteiger partial charge in [-0.05, 0) is 17.7 Å². The molecule has 0 spiro atoms. The number of aliphatic hydroxyl groups excluding tert-OH is 2. The Morgan fingerprint density at radius 2 is 1.85 bits per heavy atom. The summed E-state index contributed by atoms with van der Waals surface area (Å²) in [5.74, 6) is 1.48. The van der Waals surface area contributed by atoms with Gasteiger partial charge in [-0.2, -0.15) is 0 Å². The van der Waals surface area contributed by atoms with Crippen LogP contribution in [0.25, 0.3) is 0 Å². The van der Waals surface area contributed by atoms with Crippen molar-refractivity contribution in [2.75, 3.05) is 33.1 Å². The molecule has 0 aliphatic carbocycles. The first kappa shape index (κ1) is 18.7. The van der Waals surface area contributed by atoms with E-state index in [1.807, 2.05) is 36.4 Å². The molecule has 0 aromatic heterocycles. The fraction of sp³-hybridized carbons (Fsp3) is 0.400. The molecular formula is C20H26NO5+. The number of fused-ring (bicyclic) bond motifs is 1. The molecule has 0 fully saturated rings. The average molecular weight is 360 g/mol. The van der Waals surface area contributed by atoms with Crippen LogP contribution in [-0.2, 0) is 17.9 Å². The van der Waals surface area contributed by atoms with Crippen molar-refractivity contribution in [3.05, 3.63) is 59.7 Å². The van der Waals surface area contributed by atoms with E-state index in [1.165, 1.54) is 5.56 Å². The molecule has 0 bridgehead atoms. The van der Waals surface area contributed by atoms with Crippen LogP contribution in [0.3, 0.4) is 0 Å². The summed E-state index contributed by atoms with van der Waals surface area (Å²) >= 11 is 0. The quantitative estimate of drug-likeness (QED) is 0.571. The molecule has 140 valence electrons. The molecule has 1 heterocycles. The molecule has 1 aliphatic heterocycles. The number of quaternary nitrogens is 1. The Morgan fingerprint density at radius 3 is 2.65 bits per heavy atom. The zero-order chi connectivity index (χ0) is 18.2. The molecule has 0 saturated carbocycles. The minimum Gasteiger partial charge on any atom is -0.454 e. The Hall–Kier alpha value is -2.12. The molecule has 2 aromatic carbocycles. The molecule has 3 rings (SSSR count). The van der Waals surface area contributed by atoms with Crippen molar-refractivity contribution in [2.45, 2.75) is 19.3 Å². The van der Waals surface area contributed by atoms with Crippen molar-refractivity contribution in [2.24, 2.45) is 0 Å². The topological polar surface area (TPSA) is 72.6 Å². The van der Waals surface area contributed by atoms with Crippen LogP contribution in [0.5, 0.6) is 11.5 Å². The zero-order valence-electron chi connectivity index (χ0n) is 14.8. The van der Waals surface area contributed by atoms with E-state index in [0.717, 1.165) is 28.5 Å². The van der Waals surface area contributed by atoms with Gasteiger partial charge in [0.1, 0.15) is 25.7 Å². The molecule has 0 radical (unpaired) electrons. The van der Waals surface area contributed by atoms with E-state index in [4.69, 9.17) is 14.2 Å². The van der Waals surface area contributed by atoms with Gasteiger partial charge in [0, 0.05) is 5.56 Å². The van der Waals surface area contributed by atoms with Gasteiger partial charge >= 0.3 is 0 Å². The summed E-state index contributed by atoms with van der Waals surface area (Å²) in [7, 11) is 0. The lowest BCUT2D eigenvalue weighted by atomic mass is 10.2. The van der Waals surface area contributed by atoms with Crippen molar-refractivity contribution in [1.82, 2.24) is 0 Å². The second-order valence-corrected chi connectivity index (χ2v) is 6.45. The standard InChI is InChI=1S/C20H25NO5/c22-9-8-21(11-16-4-2-1-3-5-16)12-18(23)14-24-13-17-6-7-19-20(10-17)26-15-25-19/h1-7,10,18,22-23H,8-9,11-15H2/p+1/t18-/m0/s1. The summed E-state index contributed by atoms with van der Waals surface area (Å²) in [6.45, 7) is 2.88. The smallest absolute Gasteiger partial charge is 0.231 e. The molecule has 6 heteroatoms. The Labute approximate surface area is 153 Å². The first-order valence-electron chi connectivity index (χ1n) is 8.87. The third-order valence-electron chi connectivity index (χ3n) is 4.30. The molecule has 2 aromatic rings. The van der Waals surface area contributed by atoms with Crippen molar-refractivity contribution >= 4 is 0 Å². The Bertz CT molecular complexity index is 679. The number of benzene rings is 2. The maximum atomic E-state index is 10.3. The first-order valence-corrected chi connectivity index (χ1v) is 8.87. The number of nitrogens with one attached hydrogen (secondary N) is 1. The second-order valence-electron chi connectivity index (χ2n) is 6.45. The van der Waals surface area contributed by atoms with Crippen LogP contribution in [0.4, 0.5) is 0 Å². The fourth-order valence-corrected chi connectivity index (χ4v) is 3.04. The van der Waals surface area contributed by atoms with Crippen LogP contribution in [-0.4, -0.2) is 49.4 Å². The maximum absolute atomic E-state index is 10.3. The molecule has 26 heavy (non-hydrogen) atoms. The van der Waals surface area contributed by atoms with Crippen molar-refractivity contribution < 1.29 is 29.3 Å². The number of aliphatic hydroxyl groups is 2. The lowest BCUT2D eigenvalue weighted by Crippen LogP contribution is -3.12. The molecule has 1 aliphatic rings. The summed E-state index contributed by atoms with van der Waals surface area (Å²) < 4.78 is 16.3. The van der Waals surface area contributed by atoms with Crippen molar-refractivity contribution in [3.63, 3.8) is 0 Å². The summed E-state index contributed by atoms with van der Waals surface area (Å²) in [5.41, 5.74) is 2.16. The van der Waals surface area contributed by atoms with Gasteiger partial charge in [0.2, 0.25) is 6.79 Å². The number of rotatable bonds is 10. The molecule has 3 N–H and O–H groups in total. The van der Waals surface area contributed by atoms with Crippen LogP contribution in [0.1, 0.15) is 11.1 Å². The Morgan fingerprint density at radius 1 is 1.04 bits per heavy atom. The van der Waals surface area contributed by atoms with Gasteiger partial charge in [-0.25, -0.2) is 0 Å². The van der Waals surface area contributed by atoms with Gasteiger partial charge in [0.15, 0.2) is 11.5 Å². The monoisotopic (exact) mass is 360 g/mol. The summed E-state index contributed by atoms with van der Waals surface area (Å²) in [6.07, 6.45) is -0.589. The highest BCUT2D eigenvalue weighted by atomic mass is 16.7. The van der Waals surface area contributed by atoms with E-state index >= 15 is 0 Å². The summed E-state index contributed by atoms with van der Waals surface area (Å²) in [6, 6.07) is 15.8. The maximum Gasteiger partial charge on any atom is 0.231 e. The third-order valence-corrected chi connectivity index (χ3v) is 4.30. The molecule has 6 nitrogen and oxygen atoms in total. The Kier molecular flexibility index (Phi) is 6.85. The van der Waals surface area contributed by atoms with Gasteiger partial charge in [-0.3, -0.25) is 0 Å². The van der Waals surface area contributed by atoms with Gasteiger partial charge < -0.3 is 29.3 Å². The van der Waals surface area contributed by atoms with Crippen molar-refractivity contribution in [3.8, 4) is 11.5 Å². The predicted octanol–water partition coefficient (Wildman–Crippen LogP) is 0.370. The van der Waals surface area contributed by atoms with E-state index < -0.39 is 6.10 Å². The summed E-state index contributed by atoms with van der Waals surface area (Å²) in [5, 5.41) is 19.6. The predicted molar refractivity (Wildman–Crippen MR) is 96.2 cm³/mol. The number of hydrogen-bond donors (Lipinski definition) is 3. The molecule has 0 saturated heterocycles. The van der Waals surface area contributed by atoms with Crippen LogP contribution < -0.4 is 14.4 Å². The highest BCUT2D eigenvalue weighted by Gasteiger charge is 2.16. The Balaban J connectivity index is 1.43. The van der Waals surface area contributed by atoms with Crippen LogP contribution in [0.2, 0.25) is 0 Å². The third kappa shape index (κ3) is 5.44. The minimum absolute atomic E-state index is 0.0902. The van der Waals surface area contributed by atoms with E-state index in [9.17, 15) is 10.2 Å². The highest BCUT2D eigenvalue weighted by Crippen LogP contribution is 2.32. The lowest BCUT2D eigenvalue weighted by molar-refractivity contribution is -0.917.